The van der Waals surface area contributed by atoms with Crippen molar-refractivity contribution in [2.24, 2.45) is 0 Å². The maximum atomic E-state index is 2.28. The van der Waals surface area contributed by atoms with Crippen molar-refractivity contribution in [3.63, 3.8) is 0 Å². The molecule has 0 aromatic heterocycles. The van der Waals surface area contributed by atoms with Crippen LogP contribution < -0.4 is 0 Å². The standard InChI is InChI=1S/C4H9.Sn.3H/c1-4(2)3;;;;/h1-3H3;;;;. The molecule has 1 heteroatoms. The molecule has 0 N–H and O–H groups in total. The molecule has 0 rings (SSSR count). The van der Waals surface area contributed by atoms with Gasteiger partial charge < -0.3 is 0 Å². The normalized spacial score (nSPS) is 12.6. The third-order valence-electron chi connectivity index (χ3n) is 0. The Hall–Kier alpha value is 0.799. The van der Waals surface area contributed by atoms with E-state index < -0.39 is 0 Å². The van der Waals surface area contributed by atoms with Gasteiger partial charge in [0.25, 0.3) is 0 Å². The maximum absolute atomic E-state index is 2.28. The first-order valence-corrected chi connectivity index (χ1v) is 4.85. The number of rotatable bonds is 0. The van der Waals surface area contributed by atoms with Crippen molar-refractivity contribution in [2.45, 2.75) is 24.2 Å². The molecule has 0 nitrogen and oxygen atoms in total. The Labute approximate surface area is 47.0 Å². The second-order valence-electron chi connectivity index (χ2n) is 3.00. The summed E-state index contributed by atoms with van der Waals surface area (Å²) < 4.78 is 0.710. The van der Waals surface area contributed by atoms with E-state index in [0.717, 1.165) is 22.5 Å². The molecular weight excluding hydrogens is 167 g/mol. The van der Waals surface area contributed by atoms with Gasteiger partial charge in [-0.2, -0.15) is 0 Å². The first kappa shape index (κ1) is 5.80. The van der Waals surface area contributed by atoms with Gasteiger partial charge in [0.1, 0.15) is 0 Å². The Morgan fingerprint density at radius 2 is 1.20 bits per heavy atom. The molecule has 32 valence electrons. The van der Waals surface area contributed by atoms with Crippen molar-refractivity contribution >= 4 is 22.5 Å². The summed E-state index contributed by atoms with van der Waals surface area (Å²) in [4.78, 5) is 0. The molecule has 0 bridgehead atoms. The molecule has 0 amide bonds. The van der Waals surface area contributed by atoms with Crippen LogP contribution in [0.3, 0.4) is 0 Å². The molecule has 0 unspecified atom stereocenters. The molecule has 0 radical (unpaired) electrons. The van der Waals surface area contributed by atoms with Crippen LogP contribution in [0.25, 0.3) is 0 Å². The molecule has 0 fully saturated rings. The van der Waals surface area contributed by atoms with E-state index in [1.54, 1.807) is 0 Å². The van der Waals surface area contributed by atoms with Gasteiger partial charge in [0, 0.05) is 0 Å². The van der Waals surface area contributed by atoms with Crippen LogP contribution in [0.2, 0.25) is 3.43 Å². The van der Waals surface area contributed by atoms with Gasteiger partial charge in [0.2, 0.25) is 0 Å². The van der Waals surface area contributed by atoms with Gasteiger partial charge in [-0.15, -0.1) is 0 Å². The minimum atomic E-state index is 0.710. The fraction of sp³-hybridized carbons (Fsp3) is 1.00. The van der Waals surface area contributed by atoms with Crippen LogP contribution in [0.1, 0.15) is 20.8 Å². The summed E-state index contributed by atoms with van der Waals surface area (Å²) in [5.41, 5.74) is 0. The zero-order valence-electron chi connectivity index (χ0n) is 4.50. The van der Waals surface area contributed by atoms with E-state index >= 15 is 0 Å². The van der Waals surface area contributed by atoms with E-state index in [9.17, 15) is 0 Å². The average molecular weight is 179 g/mol. The summed E-state index contributed by atoms with van der Waals surface area (Å²) in [6.07, 6.45) is 0. The Kier molecular flexibility index (Phi) is 1.74. The summed E-state index contributed by atoms with van der Waals surface area (Å²) in [5.74, 6) is 0. The third kappa shape index (κ3) is 58.9. The quantitative estimate of drug-likeness (QED) is 0.476. The molecule has 0 spiro atoms. The van der Waals surface area contributed by atoms with Gasteiger partial charge >= 0.3 is 46.7 Å². The van der Waals surface area contributed by atoms with E-state index in [0.29, 0.717) is 3.43 Å². The van der Waals surface area contributed by atoms with Crippen LogP contribution in [0.4, 0.5) is 0 Å². The monoisotopic (exact) mass is 180 g/mol. The zero-order chi connectivity index (χ0) is 4.50. The van der Waals surface area contributed by atoms with Crippen LogP contribution in [0.15, 0.2) is 0 Å². The molecule has 0 aliphatic carbocycles. The minimum absolute atomic E-state index is 0.710. The fourth-order valence-corrected chi connectivity index (χ4v) is 0. The van der Waals surface area contributed by atoms with E-state index in [1.165, 1.54) is 0 Å². The van der Waals surface area contributed by atoms with Crippen LogP contribution >= 0.6 is 0 Å². The molecule has 0 aromatic carbocycles. The average Bonchev–Trinajstić information content (AvgIpc) is 0.722. The van der Waals surface area contributed by atoms with Crippen LogP contribution in [0.5, 0.6) is 0 Å². The van der Waals surface area contributed by atoms with Crippen molar-refractivity contribution in [1.29, 1.82) is 0 Å². The van der Waals surface area contributed by atoms with Crippen molar-refractivity contribution in [2.75, 3.05) is 0 Å². The van der Waals surface area contributed by atoms with Crippen LogP contribution in [0, 0.1) is 0 Å². The van der Waals surface area contributed by atoms with E-state index in [2.05, 4.69) is 20.8 Å². The Morgan fingerprint density at radius 1 is 1.20 bits per heavy atom. The van der Waals surface area contributed by atoms with Crippen molar-refractivity contribution in [1.82, 2.24) is 0 Å². The molecule has 0 aromatic rings. The van der Waals surface area contributed by atoms with Gasteiger partial charge in [-0.1, -0.05) is 0 Å². The molecule has 0 saturated heterocycles. The Balaban J connectivity index is 3.02. The molecule has 0 saturated carbocycles. The predicted molar refractivity (Wildman–Crippen MR) is 29.7 cm³/mol. The van der Waals surface area contributed by atoms with Gasteiger partial charge in [-0.25, -0.2) is 0 Å². The number of hydrogen-bond acceptors (Lipinski definition) is 0. The second-order valence-corrected chi connectivity index (χ2v) is 11.6. The summed E-state index contributed by atoms with van der Waals surface area (Å²) in [7, 11) is 0. The van der Waals surface area contributed by atoms with Gasteiger partial charge in [0.05, 0.1) is 0 Å². The van der Waals surface area contributed by atoms with Crippen LogP contribution in [-0.2, 0) is 0 Å². The topological polar surface area (TPSA) is 0 Å². The van der Waals surface area contributed by atoms with E-state index in [1.807, 2.05) is 0 Å². The zero-order valence-corrected chi connectivity index (χ0v) is 10.2. The summed E-state index contributed by atoms with van der Waals surface area (Å²) in [5, 5.41) is 0. The van der Waals surface area contributed by atoms with Crippen molar-refractivity contribution < 1.29 is 0 Å². The molecule has 0 atom stereocenters. The first-order valence-electron chi connectivity index (χ1n) is 2.00. The summed E-state index contributed by atoms with van der Waals surface area (Å²) in [6, 6.07) is 0. The van der Waals surface area contributed by atoms with Gasteiger partial charge in [-0.3, -0.25) is 0 Å². The molecule has 0 heterocycles. The van der Waals surface area contributed by atoms with Gasteiger partial charge in [-0.05, 0) is 0 Å². The van der Waals surface area contributed by atoms with Crippen molar-refractivity contribution in [3.05, 3.63) is 0 Å². The first-order chi connectivity index (χ1) is 2.00. The Morgan fingerprint density at radius 3 is 1.20 bits per heavy atom. The summed E-state index contributed by atoms with van der Waals surface area (Å²) >= 11 is 0.857. The van der Waals surface area contributed by atoms with Gasteiger partial charge in [0.15, 0.2) is 0 Å². The fourth-order valence-electron chi connectivity index (χ4n) is 0. The second kappa shape index (κ2) is 1.50. The summed E-state index contributed by atoms with van der Waals surface area (Å²) in [6.45, 7) is 6.84. The SMILES string of the molecule is C[C](C)(C)[SnH3]. The molecule has 0 aliphatic rings. The Bertz CT molecular complexity index is 19.1. The molecular formula is C4H12Sn. The van der Waals surface area contributed by atoms with Crippen molar-refractivity contribution in [3.8, 4) is 0 Å². The molecule has 5 heavy (non-hydrogen) atoms. The van der Waals surface area contributed by atoms with E-state index in [-0.39, 0.29) is 0 Å². The van der Waals surface area contributed by atoms with Crippen LogP contribution in [-0.4, -0.2) is 22.5 Å². The third-order valence-corrected chi connectivity index (χ3v) is 0. The number of hydrogen-bond donors (Lipinski definition) is 0. The predicted octanol–water partition coefficient (Wildman–Crippen LogP) is 0.570. The molecule has 0 aliphatic heterocycles. The van der Waals surface area contributed by atoms with E-state index in [4.69, 9.17) is 0 Å².